The van der Waals surface area contributed by atoms with Crippen molar-refractivity contribution in [1.29, 1.82) is 0 Å². The van der Waals surface area contributed by atoms with Crippen molar-refractivity contribution in [2.75, 3.05) is 18.5 Å². The quantitative estimate of drug-likeness (QED) is 0.948. The average Bonchev–Trinajstić information content (AvgIpc) is 2.53. The topological polar surface area (TPSA) is 41.6 Å². The second kappa shape index (κ2) is 6.32. The number of amides is 1. The first-order valence-corrected chi connectivity index (χ1v) is 7.86. The van der Waals surface area contributed by atoms with E-state index in [2.05, 4.69) is 42.3 Å². The highest BCUT2D eigenvalue weighted by molar-refractivity contribution is 5.83. The number of aryl methyl sites for hydroxylation is 2. The van der Waals surface area contributed by atoms with Crippen molar-refractivity contribution < 1.29 is 9.53 Å². The molecule has 4 heteroatoms. The number of para-hydroxylation sites is 2. The summed E-state index contributed by atoms with van der Waals surface area (Å²) in [6.07, 6.45) is -0.485. The van der Waals surface area contributed by atoms with E-state index in [9.17, 15) is 4.79 Å². The molecule has 1 aliphatic rings. The van der Waals surface area contributed by atoms with Crippen LogP contribution in [0.2, 0.25) is 0 Å². The van der Waals surface area contributed by atoms with Crippen LogP contribution in [0.15, 0.2) is 42.5 Å². The van der Waals surface area contributed by atoms with Gasteiger partial charge < -0.3 is 15.0 Å². The molecule has 0 aliphatic carbocycles. The smallest absolute Gasteiger partial charge is 0.262 e. The van der Waals surface area contributed by atoms with Crippen molar-refractivity contribution in [2.24, 2.45) is 0 Å². The SMILES string of the molecule is CNC(=O)[C@H]1CN(Cc2cc(C)cc(C)c2)c2ccccc2O1. The van der Waals surface area contributed by atoms with Crippen molar-refractivity contribution >= 4 is 11.6 Å². The Kier molecular flexibility index (Phi) is 4.24. The zero-order chi connectivity index (χ0) is 16.4. The fourth-order valence-corrected chi connectivity index (χ4v) is 3.13. The molecule has 0 radical (unpaired) electrons. The van der Waals surface area contributed by atoms with Gasteiger partial charge in [-0.05, 0) is 31.5 Å². The van der Waals surface area contributed by atoms with E-state index in [1.807, 2.05) is 24.3 Å². The second-order valence-corrected chi connectivity index (χ2v) is 6.06. The van der Waals surface area contributed by atoms with Crippen LogP contribution in [0, 0.1) is 13.8 Å². The Balaban J connectivity index is 1.91. The minimum absolute atomic E-state index is 0.0927. The van der Waals surface area contributed by atoms with Gasteiger partial charge in [-0.3, -0.25) is 4.79 Å². The van der Waals surface area contributed by atoms with Gasteiger partial charge in [0.15, 0.2) is 6.10 Å². The number of carbonyl (C=O) groups is 1. The zero-order valence-electron chi connectivity index (χ0n) is 13.8. The van der Waals surface area contributed by atoms with Crippen LogP contribution in [0.25, 0.3) is 0 Å². The maximum atomic E-state index is 12.0. The van der Waals surface area contributed by atoms with Gasteiger partial charge in [0, 0.05) is 13.6 Å². The van der Waals surface area contributed by atoms with Crippen LogP contribution in [0.1, 0.15) is 16.7 Å². The molecule has 1 heterocycles. The summed E-state index contributed by atoms with van der Waals surface area (Å²) in [6.45, 7) is 5.52. The third-order valence-corrected chi connectivity index (χ3v) is 4.06. The zero-order valence-corrected chi connectivity index (χ0v) is 13.8. The molecule has 23 heavy (non-hydrogen) atoms. The van der Waals surface area contributed by atoms with E-state index in [1.54, 1.807) is 7.05 Å². The highest BCUT2D eigenvalue weighted by Crippen LogP contribution is 2.34. The molecule has 1 atom stereocenters. The van der Waals surface area contributed by atoms with Crippen molar-refractivity contribution in [2.45, 2.75) is 26.5 Å². The Morgan fingerprint density at radius 3 is 2.61 bits per heavy atom. The van der Waals surface area contributed by atoms with E-state index < -0.39 is 6.10 Å². The standard InChI is InChI=1S/C19H22N2O2/c1-13-8-14(2)10-15(9-13)11-21-12-18(19(22)20-3)23-17-7-5-4-6-16(17)21/h4-10,18H,11-12H2,1-3H3,(H,20,22)/t18-/m1/s1. The maximum Gasteiger partial charge on any atom is 0.262 e. The molecule has 3 rings (SSSR count). The van der Waals surface area contributed by atoms with Crippen LogP contribution in [0.5, 0.6) is 5.75 Å². The molecule has 0 aromatic heterocycles. The summed E-state index contributed by atoms with van der Waals surface area (Å²) in [7, 11) is 1.64. The van der Waals surface area contributed by atoms with E-state index in [4.69, 9.17) is 4.74 Å². The summed E-state index contributed by atoms with van der Waals surface area (Å²) in [5.41, 5.74) is 4.79. The highest BCUT2D eigenvalue weighted by atomic mass is 16.5. The van der Waals surface area contributed by atoms with Crippen LogP contribution in [0.4, 0.5) is 5.69 Å². The number of carbonyl (C=O) groups excluding carboxylic acids is 1. The monoisotopic (exact) mass is 310 g/mol. The number of benzene rings is 2. The molecule has 120 valence electrons. The first kappa shape index (κ1) is 15.4. The molecule has 0 bridgehead atoms. The number of ether oxygens (including phenoxy) is 1. The Hall–Kier alpha value is -2.49. The van der Waals surface area contributed by atoms with Gasteiger partial charge in [0.05, 0.1) is 12.2 Å². The Bertz CT molecular complexity index is 707. The normalized spacial score (nSPS) is 16.5. The summed E-state index contributed by atoms with van der Waals surface area (Å²) >= 11 is 0. The number of rotatable bonds is 3. The lowest BCUT2D eigenvalue weighted by molar-refractivity contribution is -0.127. The van der Waals surface area contributed by atoms with Crippen LogP contribution in [-0.4, -0.2) is 25.6 Å². The van der Waals surface area contributed by atoms with Gasteiger partial charge in [0.25, 0.3) is 5.91 Å². The second-order valence-electron chi connectivity index (χ2n) is 6.06. The number of anilines is 1. The molecular weight excluding hydrogens is 288 g/mol. The molecule has 1 aliphatic heterocycles. The van der Waals surface area contributed by atoms with Gasteiger partial charge in [-0.15, -0.1) is 0 Å². The Labute approximate surface area is 137 Å². The molecule has 2 aromatic carbocycles. The van der Waals surface area contributed by atoms with E-state index in [0.29, 0.717) is 6.54 Å². The summed E-state index contributed by atoms with van der Waals surface area (Å²) in [4.78, 5) is 14.2. The van der Waals surface area contributed by atoms with Gasteiger partial charge >= 0.3 is 0 Å². The minimum atomic E-state index is -0.485. The summed E-state index contributed by atoms with van der Waals surface area (Å²) in [5, 5.41) is 2.68. The van der Waals surface area contributed by atoms with Gasteiger partial charge in [-0.2, -0.15) is 0 Å². The Morgan fingerprint density at radius 2 is 1.91 bits per heavy atom. The van der Waals surface area contributed by atoms with Gasteiger partial charge in [-0.25, -0.2) is 0 Å². The predicted molar refractivity (Wildman–Crippen MR) is 91.9 cm³/mol. The number of nitrogens with zero attached hydrogens (tertiary/aromatic N) is 1. The molecule has 0 saturated heterocycles. The van der Waals surface area contributed by atoms with Gasteiger partial charge in [0.2, 0.25) is 0 Å². The summed E-state index contributed by atoms with van der Waals surface area (Å²) < 4.78 is 5.85. The van der Waals surface area contributed by atoms with Crippen molar-refractivity contribution in [3.05, 3.63) is 59.2 Å². The molecule has 0 fully saturated rings. The summed E-state index contributed by atoms with van der Waals surface area (Å²) in [5.74, 6) is 0.668. The maximum absolute atomic E-state index is 12.0. The molecule has 1 N–H and O–H groups in total. The lowest BCUT2D eigenvalue weighted by Crippen LogP contribution is -2.47. The van der Waals surface area contributed by atoms with Crippen molar-refractivity contribution in [3.63, 3.8) is 0 Å². The van der Waals surface area contributed by atoms with E-state index in [-0.39, 0.29) is 5.91 Å². The van der Waals surface area contributed by atoms with Crippen LogP contribution < -0.4 is 15.0 Å². The number of nitrogens with one attached hydrogen (secondary N) is 1. The number of fused-ring (bicyclic) bond motifs is 1. The minimum Gasteiger partial charge on any atom is -0.477 e. The molecule has 0 saturated carbocycles. The average molecular weight is 310 g/mol. The number of likely N-dealkylation sites (N-methyl/N-ethyl adjacent to an activating group) is 1. The van der Waals surface area contributed by atoms with Gasteiger partial charge in [0.1, 0.15) is 5.75 Å². The molecule has 2 aromatic rings. The molecule has 1 amide bonds. The van der Waals surface area contributed by atoms with E-state index in [1.165, 1.54) is 16.7 Å². The first-order valence-electron chi connectivity index (χ1n) is 7.86. The molecule has 4 nitrogen and oxygen atoms in total. The molecular formula is C19H22N2O2. The van der Waals surface area contributed by atoms with E-state index in [0.717, 1.165) is 18.0 Å². The third kappa shape index (κ3) is 3.31. The number of hydrogen-bond acceptors (Lipinski definition) is 3. The van der Waals surface area contributed by atoms with Crippen molar-refractivity contribution in [1.82, 2.24) is 5.32 Å². The first-order chi connectivity index (χ1) is 11.1. The van der Waals surface area contributed by atoms with Crippen molar-refractivity contribution in [3.8, 4) is 5.75 Å². The van der Waals surface area contributed by atoms with Gasteiger partial charge in [-0.1, -0.05) is 41.5 Å². The lowest BCUT2D eigenvalue weighted by Gasteiger charge is -2.35. The van der Waals surface area contributed by atoms with Crippen LogP contribution >= 0.6 is 0 Å². The predicted octanol–water partition coefficient (Wildman–Crippen LogP) is 2.82. The highest BCUT2D eigenvalue weighted by Gasteiger charge is 2.29. The molecule has 0 unspecified atom stereocenters. The van der Waals surface area contributed by atoms with Crippen LogP contribution in [0.3, 0.4) is 0 Å². The summed E-state index contributed by atoms with van der Waals surface area (Å²) in [6, 6.07) is 14.4. The van der Waals surface area contributed by atoms with E-state index >= 15 is 0 Å². The lowest BCUT2D eigenvalue weighted by atomic mass is 10.1. The fraction of sp³-hybridized carbons (Fsp3) is 0.316. The number of hydrogen-bond donors (Lipinski definition) is 1. The molecule has 0 spiro atoms. The fourth-order valence-electron chi connectivity index (χ4n) is 3.13. The largest absolute Gasteiger partial charge is 0.477 e. The van der Waals surface area contributed by atoms with Crippen LogP contribution in [-0.2, 0) is 11.3 Å². The third-order valence-electron chi connectivity index (χ3n) is 4.06. The Morgan fingerprint density at radius 1 is 1.22 bits per heavy atom.